The second-order valence-corrected chi connectivity index (χ2v) is 5.32. The molecule has 0 heterocycles. The first-order valence-electron chi connectivity index (χ1n) is 6.26. The van der Waals surface area contributed by atoms with Crippen LogP contribution < -0.4 is 0 Å². The Hall–Kier alpha value is -0.860. The Labute approximate surface area is 97.2 Å². The van der Waals surface area contributed by atoms with Crippen LogP contribution in [-0.2, 0) is 9.59 Å². The van der Waals surface area contributed by atoms with E-state index in [1.807, 2.05) is 13.8 Å². The van der Waals surface area contributed by atoms with Gasteiger partial charge in [-0.1, -0.05) is 26.7 Å². The van der Waals surface area contributed by atoms with Crippen LogP contribution in [0.3, 0.4) is 0 Å². The Balaban J connectivity index is 2.47. The molecule has 1 aliphatic carbocycles. The van der Waals surface area contributed by atoms with Gasteiger partial charge in [0.25, 0.3) is 0 Å². The summed E-state index contributed by atoms with van der Waals surface area (Å²) >= 11 is 0. The summed E-state index contributed by atoms with van der Waals surface area (Å²) in [7, 11) is 0. The summed E-state index contributed by atoms with van der Waals surface area (Å²) < 4.78 is 0. The van der Waals surface area contributed by atoms with Crippen LogP contribution in [-0.4, -0.2) is 16.9 Å². The number of Topliss-reactive ketones (excluding diaryl/α,β-unsaturated/α-hetero) is 1. The monoisotopic (exact) mass is 226 g/mol. The van der Waals surface area contributed by atoms with Gasteiger partial charge in [-0.05, 0) is 25.2 Å². The molecule has 0 bridgehead atoms. The molecule has 0 saturated heterocycles. The molecule has 0 radical (unpaired) electrons. The number of hydrogen-bond donors (Lipinski definition) is 1. The second kappa shape index (κ2) is 6.02. The average Bonchev–Trinajstić information content (AvgIpc) is 2.68. The fourth-order valence-electron chi connectivity index (χ4n) is 2.50. The van der Waals surface area contributed by atoms with E-state index >= 15 is 0 Å². The molecule has 0 unspecified atom stereocenters. The third-order valence-corrected chi connectivity index (χ3v) is 3.36. The lowest BCUT2D eigenvalue weighted by Gasteiger charge is -2.16. The number of carboxylic acids is 1. The fraction of sp³-hybridized carbons (Fsp3) is 0.846. The number of hydrogen-bond acceptors (Lipinski definition) is 2. The van der Waals surface area contributed by atoms with E-state index in [4.69, 9.17) is 5.11 Å². The number of carbonyl (C=O) groups is 2. The van der Waals surface area contributed by atoms with Crippen molar-refractivity contribution in [1.82, 2.24) is 0 Å². The Morgan fingerprint density at radius 2 is 1.81 bits per heavy atom. The van der Waals surface area contributed by atoms with Crippen molar-refractivity contribution in [3.8, 4) is 0 Å². The van der Waals surface area contributed by atoms with Gasteiger partial charge in [-0.2, -0.15) is 0 Å². The predicted molar refractivity (Wildman–Crippen MR) is 62.2 cm³/mol. The van der Waals surface area contributed by atoms with Crippen molar-refractivity contribution in [2.75, 3.05) is 0 Å². The predicted octanol–water partition coefficient (Wildman–Crippen LogP) is 2.88. The highest BCUT2D eigenvalue weighted by atomic mass is 16.4. The van der Waals surface area contributed by atoms with Gasteiger partial charge in [0, 0.05) is 12.3 Å². The lowest BCUT2D eigenvalue weighted by atomic mass is 9.88. The zero-order chi connectivity index (χ0) is 12.1. The molecule has 1 rings (SSSR count). The minimum Gasteiger partial charge on any atom is -0.481 e. The first-order chi connectivity index (χ1) is 7.50. The van der Waals surface area contributed by atoms with Crippen molar-refractivity contribution in [1.29, 1.82) is 0 Å². The number of carboxylic acid groups (broad SMARTS) is 1. The maximum atomic E-state index is 11.9. The zero-order valence-corrected chi connectivity index (χ0v) is 10.2. The summed E-state index contributed by atoms with van der Waals surface area (Å²) in [5.74, 6) is -0.648. The molecule has 1 aliphatic rings. The minimum atomic E-state index is -0.819. The zero-order valence-electron chi connectivity index (χ0n) is 10.2. The third kappa shape index (κ3) is 3.95. The summed E-state index contributed by atoms with van der Waals surface area (Å²) in [6.07, 6.45) is 5.02. The Morgan fingerprint density at radius 1 is 1.25 bits per heavy atom. The van der Waals surface area contributed by atoms with Crippen LogP contribution in [0.1, 0.15) is 52.4 Å². The summed E-state index contributed by atoms with van der Waals surface area (Å²) in [4.78, 5) is 22.9. The van der Waals surface area contributed by atoms with Crippen LogP contribution in [0.5, 0.6) is 0 Å². The van der Waals surface area contributed by atoms with E-state index in [0.29, 0.717) is 12.3 Å². The molecule has 3 nitrogen and oxygen atoms in total. The summed E-state index contributed by atoms with van der Waals surface area (Å²) in [5, 5.41) is 9.06. The van der Waals surface area contributed by atoms with E-state index in [1.165, 1.54) is 0 Å². The fourth-order valence-corrected chi connectivity index (χ4v) is 2.50. The molecule has 1 N–H and O–H groups in total. The van der Waals surface area contributed by atoms with Crippen molar-refractivity contribution in [2.24, 2.45) is 17.8 Å². The van der Waals surface area contributed by atoms with Gasteiger partial charge in [0.15, 0.2) is 0 Å². The molecular weight excluding hydrogens is 204 g/mol. The molecule has 0 aromatic carbocycles. The number of rotatable bonds is 6. The summed E-state index contributed by atoms with van der Waals surface area (Å²) in [6.45, 7) is 3.99. The highest BCUT2D eigenvalue weighted by molar-refractivity contribution is 5.85. The van der Waals surface area contributed by atoms with Crippen molar-refractivity contribution in [2.45, 2.75) is 52.4 Å². The molecule has 1 saturated carbocycles. The third-order valence-electron chi connectivity index (χ3n) is 3.36. The maximum absolute atomic E-state index is 11.9. The van der Waals surface area contributed by atoms with Gasteiger partial charge >= 0.3 is 5.97 Å². The Morgan fingerprint density at radius 3 is 2.25 bits per heavy atom. The summed E-state index contributed by atoms with van der Waals surface area (Å²) in [6, 6.07) is 0. The van der Waals surface area contributed by atoms with Crippen molar-refractivity contribution in [3.63, 3.8) is 0 Å². The van der Waals surface area contributed by atoms with Crippen molar-refractivity contribution < 1.29 is 14.7 Å². The molecule has 0 aromatic rings. The molecule has 92 valence electrons. The number of carbonyl (C=O) groups excluding carboxylic acids is 1. The number of ketones is 1. The molecular formula is C13H22O3. The molecule has 0 amide bonds. The van der Waals surface area contributed by atoms with Gasteiger partial charge in [-0.15, -0.1) is 0 Å². The standard InChI is InChI=1S/C13H22O3/c1-9(2)7-11(13(15)16)8-12(14)10-5-3-4-6-10/h9-11H,3-8H2,1-2H3,(H,15,16)/t11-/m1/s1. The second-order valence-electron chi connectivity index (χ2n) is 5.32. The van der Waals surface area contributed by atoms with E-state index in [9.17, 15) is 9.59 Å². The highest BCUT2D eigenvalue weighted by Crippen LogP contribution is 2.28. The minimum absolute atomic E-state index is 0.147. The molecule has 1 fully saturated rings. The first kappa shape index (κ1) is 13.2. The van der Waals surface area contributed by atoms with Gasteiger partial charge in [0.1, 0.15) is 5.78 Å². The number of aliphatic carboxylic acids is 1. The normalized spacial score (nSPS) is 18.9. The van der Waals surface area contributed by atoms with E-state index in [1.54, 1.807) is 0 Å². The van der Waals surface area contributed by atoms with E-state index in [-0.39, 0.29) is 18.1 Å². The Bertz CT molecular complexity index is 252. The summed E-state index contributed by atoms with van der Waals surface area (Å²) in [5.41, 5.74) is 0. The van der Waals surface area contributed by atoms with Crippen LogP contribution in [0.2, 0.25) is 0 Å². The Kier molecular flexibility index (Phi) is 4.97. The van der Waals surface area contributed by atoms with Crippen LogP contribution in [0.4, 0.5) is 0 Å². The van der Waals surface area contributed by atoms with E-state index in [0.717, 1.165) is 25.7 Å². The molecule has 0 aromatic heterocycles. The molecule has 1 atom stereocenters. The lowest BCUT2D eigenvalue weighted by Crippen LogP contribution is -2.23. The smallest absolute Gasteiger partial charge is 0.306 e. The highest BCUT2D eigenvalue weighted by Gasteiger charge is 2.28. The maximum Gasteiger partial charge on any atom is 0.306 e. The van der Waals surface area contributed by atoms with Gasteiger partial charge in [0.05, 0.1) is 5.92 Å². The molecule has 0 spiro atoms. The molecule has 0 aliphatic heterocycles. The average molecular weight is 226 g/mol. The van der Waals surface area contributed by atoms with Gasteiger partial charge in [-0.25, -0.2) is 0 Å². The largest absolute Gasteiger partial charge is 0.481 e. The topological polar surface area (TPSA) is 54.4 Å². The quantitative estimate of drug-likeness (QED) is 0.757. The van der Waals surface area contributed by atoms with Gasteiger partial charge in [0.2, 0.25) is 0 Å². The molecule has 16 heavy (non-hydrogen) atoms. The van der Waals surface area contributed by atoms with Crippen molar-refractivity contribution >= 4 is 11.8 Å². The van der Waals surface area contributed by atoms with Crippen LogP contribution in [0, 0.1) is 17.8 Å². The van der Waals surface area contributed by atoms with Crippen LogP contribution in [0.25, 0.3) is 0 Å². The van der Waals surface area contributed by atoms with Crippen LogP contribution in [0.15, 0.2) is 0 Å². The first-order valence-corrected chi connectivity index (χ1v) is 6.26. The van der Waals surface area contributed by atoms with Crippen LogP contribution >= 0.6 is 0 Å². The van der Waals surface area contributed by atoms with E-state index in [2.05, 4.69) is 0 Å². The van der Waals surface area contributed by atoms with Gasteiger partial charge < -0.3 is 5.11 Å². The van der Waals surface area contributed by atoms with Crippen molar-refractivity contribution in [3.05, 3.63) is 0 Å². The lowest BCUT2D eigenvalue weighted by molar-refractivity contribution is -0.144. The van der Waals surface area contributed by atoms with E-state index < -0.39 is 11.9 Å². The molecule has 3 heteroatoms. The van der Waals surface area contributed by atoms with Gasteiger partial charge in [-0.3, -0.25) is 9.59 Å². The SMILES string of the molecule is CC(C)C[C@H](CC(=O)C1CCCC1)C(=O)O.